The maximum atomic E-state index is 12.1. The molecule has 1 aliphatic heterocycles. The molecule has 19 heavy (non-hydrogen) atoms. The van der Waals surface area contributed by atoms with Crippen molar-refractivity contribution in [1.82, 2.24) is 9.80 Å². The van der Waals surface area contributed by atoms with E-state index >= 15 is 0 Å². The second-order valence-electron chi connectivity index (χ2n) is 5.15. The van der Waals surface area contributed by atoms with E-state index in [2.05, 4.69) is 0 Å². The van der Waals surface area contributed by atoms with Gasteiger partial charge in [0.2, 0.25) is 5.91 Å². The van der Waals surface area contributed by atoms with Gasteiger partial charge in [0.05, 0.1) is 37.1 Å². The van der Waals surface area contributed by atoms with Crippen LogP contribution in [0.5, 0.6) is 0 Å². The number of likely N-dealkylation sites (tertiary alicyclic amines) is 1. The van der Waals surface area contributed by atoms with Gasteiger partial charge in [0.15, 0.2) is 0 Å². The van der Waals surface area contributed by atoms with E-state index in [1.807, 2.05) is 17.0 Å². The van der Waals surface area contributed by atoms with Gasteiger partial charge < -0.3 is 10.0 Å². The zero-order chi connectivity index (χ0) is 14.3. The van der Waals surface area contributed by atoms with E-state index < -0.39 is 5.60 Å². The minimum atomic E-state index is -0.718. The summed E-state index contributed by atoms with van der Waals surface area (Å²) in [5.74, 6) is -0.0804. The Morgan fingerprint density at radius 2 is 1.95 bits per heavy atom. The summed E-state index contributed by atoms with van der Waals surface area (Å²) in [6.07, 6.45) is 1.21. The Bertz CT molecular complexity index is 376. The molecular formula is C13H20N4O2. The van der Waals surface area contributed by atoms with Crippen LogP contribution in [0.3, 0.4) is 0 Å². The highest BCUT2D eigenvalue weighted by atomic mass is 16.3. The molecule has 1 saturated heterocycles. The van der Waals surface area contributed by atoms with Crippen LogP contribution in [0.15, 0.2) is 0 Å². The maximum absolute atomic E-state index is 12.1. The summed E-state index contributed by atoms with van der Waals surface area (Å²) in [6, 6.07) is 4.01. The molecular weight excluding hydrogens is 244 g/mol. The van der Waals surface area contributed by atoms with Gasteiger partial charge in [-0.2, -0.15) is 10.5 Å². The summed E-state index contributed by atoms with van der Waals surface area (Å²) in [5.41, 5.74) is -0.718. The summed E-state index contributed by atoms with van der Waals surface area (Å²) in [7, 11) is 0. The first-order chi connectivity index (χ1) is 8.98. The Balaban J connectivity index is 2.47. The van der Waals surface area contributed by atoms with Crippen LogP contribution in [0.2, 0.25) is 0 Å². The summed E-state index contributed by atoms with van der Waals surface area (Å²) in [4.78, 5) is 15.6. The van der Waals surface area contributed by atoms with Gasteiger partial charge in [0.1, 0.15) is 0 Å². The van der Waals surface area contributed by atoms with Crippen molar-refractivity contribution >= 4 is 5.91 Å². The van der Waals surface area contributed by atoms with Crippen LogP contribution in [0.4, 0.5) is 0 Å². The molecule has 1 amide bonds. The summed E-state index contributed by atoms with van der Waals surface area (Å²) < 4.78 is 0. The van der Waals surface area contributed by atoms with Crippen LogP contribution in [-0.4, -0.2) is 59.1 Å². The Kier molecular flexibility index (Phi) is 5.75. The number of carbonyl (C=O) groups is 1. The average molecular weight is 264 g/mol. The number of amides is 1. The van der Waals surface area contributed by atoms with Crippen LogP contribution < -0.4 is 0 Å². The topological polar surface area (TPSA) is 91.4 Å². The number of nitrogens with zero attached hydrogens (tertiary/aromatic N) is 4. The minimum Gasteiger partial charge on any atom is -0.389 e. The highest BCUT2D eigenvalue weighted by Gasteiger charge is 2.32. The lowest BCUT2D eigenvalue weighted by Crippen LogP contribution is -2.41. The van der Waals surface area contributed by atoms with E-state index in [1.54, 1.807) is 11.8 Å². The Morgan fingerprint density at radius 3 is 2.37 bits per heavy atom. The van der Waals surface area contributed by atoms with Crippen molar-refractivity contribution in [3.05, 3.63) is 0 Å². The predicted octanol–water partition coefficient (Wildman–Crippen LogP) is 0.0991. The standard InChI is InChI=1S/C13H20N4O2/c1-13(19)4-9-16(11-13)10-12(18)17(7-2-5-14)8-3-6-15/h19H,2-4,7-11H2,1H3. The zero-order valence-electron chi connectivity index (χ0n) is 11.3. The van der Waals surface area contributed by atoms with Crippen molar-refractivity contribution in [2.45, 2.75) is 31.8 Å². The van der Waals surface area contributed by atoms with E-state index in [9.17, 15) is 9.90 Å². The van der Waals surface area contributed by atoms with Crippen molar-refractivity contribution in [2.75, 3.05) is 32.7 Å². The SMILES string of the molecule is CC1(O)CCN(CC(=O)N(CCC#N)CCC#N)C1. The first-order valence-corrected chi connectivity index (χ1v) is 6.45. The predicted molar refractivity (Wildman–Crippen MR) is 68.7 cm³/mol. The maximum Gasteiger partial charge on any atom is 0.236 e. The normalized spacial score (nSPS) is 22.7. The molecule has 1 atom stereocenters. The molecule has 0 aromatic rings. The van der Waals surface area contributed by atoms with Gasteiger partial charge in [-0.3, -0.25) is 9.69 Å². The molecule has 1 rings (SSSR count). The first kappa shape index (κ1) is 15.4. The third-order valence-electron chi connectivity index (χ3n) is 3.23. The summed E-state index contributed by atoms with van der Waals surface area (Å²) in [5, 5.41) is 27.0. The van der Waals surface area contributed by atoms with Crippen LogP contribution in [0.25, 0.3) is 0 Å². The van der Waals surface area contributed by atoms with E-state index in [0.29, 0.717) is 32.6 Å². The van der Waals surface area contributed by atoms with Crippen LogP contribution >= 0.6 is 0 Å². The lowest BCUT2D eigenvalue weighted by molar-refractivity contribution is -0.132. The van der Waals surface area contributed by atoms with Crippen molar-refractivity contribution in [1.29, 1.82) is 10.5 Å². The van der Waals surface area contributed by atoms with E-state index in [-0.39, 0.29) is 25.3 Å². The molecule has 1 N–H and O–H groups in total. The van der Waals surface area contributed by atoms with Crippen molar-refractivity contribution < 1.29 is 9.90 Å². The van der Waals surface area contributed by atoms with Gasteiger partial charge in [0.25, 0.3) is 0 Å². The van der Waals surface area contributed by atoms with Crippen molar-refractivity contribution in [2.24, 2.45) is 0 Å². The molecule has 0 saturated carbocycles. The van der Waals surface area contributed by atoms with Crippen molar-refractivity contribution in [3.63, 3.8) is 0 Å². The van der Waals surface area contributed by atoms with E-state index in [1.165, 1.54) is 0 Å². The lowest BCUT2D eigenvalue weighted by Gasteiger charge is -2.24. The van der Waals surface area contributed by atoms with Crippen LogP contribution in [0.1, 0.15) is 26.2 Å². The Labute approximate surface area is 113 Å². The summed E-state index contributed by atoms with van der Waals surface area (Å²) in [6.45, 7) is 3.92. The molecule has 0 bridgehead atoms. The number of rotatable bonds is 6. The molecule has 0 aromatic heterocycles. The number of hydrogen-bond donors (Lipinski definition) is 1. The third-order valence-corrected chi connectivity index (χ3v) is 3.23. The molecule has 1 heterocycles. The number of nitriles is 2. The fourth-order valence-electron chi connectivity index (χ4n) is 2.20. The number of carbonyl (C=O) groups excluding carboxylic acids is 1. The largest absolute Gasteiger partial charge is 0.389 e. The molecule has 0 radical (unpaired) electrons. The Morgan fingerprint density at radius 1 is 1.37 bits per heavy atom. The molecule has 6 nitrogen and oxygen atoms in total. The molecule has 104 valence electrons. The highest BCUT2D eigenvalue weighted by molar-refractivity contribution is 5.78. The fourth-order valence-corrected chi connectivity index (χ4v) is 2.20. The highest BCUT2D eigenvalue weighted by Crippen LogP contribution is 2.19. The van der Waals surface area contributed by atoms with Gasteiger partial charge >= 0.3 is 0 Å². The van der Waals surface area contributed by atoms with Gasteiger partial charge in [0, 0.05) is 26.2 Å². The van der Waals surface area contributed by atoms with E-state index in [0.717, 1.165) is 0 Å². The van der Waals surface area contributed by atoms with Crippen LogP contribution in [-0.2, 0) is 4.79 Å². The molecule has 1 aliphatic rings. The van der Waals surface area contributed by atoms with Gasteiger partial charge in [-0.1, -0.05) is 0 Å². The van der Waals surface area contributed by atoms with Gasteiger partial charge in [-0.25, -0.2) is 0 Å². The number of hydrogen-bond acceptors (Lipinski definition) is 5. The first-order valence-electron chi connectivity index (χ1n) is 6.45. The molecule has 0 aromatic carbocycles. The van der Waals surface area contributed by atoms with E-state index in [4.69, 9.17) is 10.5 Å². The molecule has 1 fully saturated rings. The second kappa shape index (κ2) is 7.08. The molecule has 0 aliphatic carbocycles. The second-order valence-corrected chi connectivity index (χ2v) is 5.15. The zero-order valence-corrected chi connectivity index (χ0v) is 11.3. The Hall–Kier alpha value is -1.63. The van der Waals surface area contributed by atoms with Gasteiger partial charge in [-0.15, -0.1) is 0 Å². The molecule has 0 spiro atoms. The number of aliphatic hydroxyl groups is 1. The smallest absolute Gasteiger partial charge is 0.236 e. The lowest BCUT2D eigenvalue weighted by atomic mass is 10.1. The van der Waals surface area contributed by atoms with Crippen LogP contribution in [0, 0.1) is 22.7 Å². The third kappa shape index (κ3) is 5.25. The van der Waals surface area contributed by atoms with Gasteiger partial charge in [-0.05, 0) is 13.3 Å². The minimum absolute atomic E-state index is 0.0804. The monoisotopic (exact) mass is 264 g/mol. The molecule has 6 heteroatoms. The quantitative estimate of drug-likeness (QED) is 0.734. The summed E-state index contributed by atoms with van der Waals surface area (Å²) >= 11 is 0. The fraction of sp³-hybridized carbons (Fsp3) is 0.769. The van der Waals surface area contributed by atoms with Crippen molar-refractivity contribution in [3.8, 4) is 12.1 Å². The average Bonchev–Trinajstić information content (AvgIpc) is 2.68. The number of β-amino-alcohol motifs (C(OH)–C–C–N with tert-alkyl or cyclic N) is 1. The molecule has 1 unspecified atom stereocenters.